The zero-order chi connectivity index (χ0) is 10.8. The maximum absolute atomic E-state index is 11.0. The van der Waals surface area contributed by atoms with E-state index in [4.69, 9.17) is 9.42 Å². The first-order chi connectivity index (χ1) is 6.29. The molecule has 0 fully saturated rings. The van der Waals surface area contributed by atoms with Gasteiger partial charge in [0.25, 0.3) is 0 Å². The van der Waals surface area contributed by atoms with E-state index in [-0.39, 0.29) is 5.92 Å². The van der Waals surface area contributed by atoms with Crippen LogP contribution in [0.4, 0.5) is 0 Å². The second-order valence-corrected chi connectivity index (χ2v) is 5.73. The second kappa shape index (κ2) is 3.90. The lowest BCUT2D eigenvalue weighted by Crippen LogP contribution is -2.20. The highest BCUT2D eigenvalue weighted by atomic mass is 31.2. The Kier molecular flexibility index (Phi) is 3.21. The molecule has 4 heteroatoms. The van der Waals surface area contributed by atoms with Crippen LogP contribution in [0, 0.1) is 17.8 Å². The van der Waals surface area contributed by atoms with Crippen molar-refractivity contribution in [2.45, 2.75) is 25.9 Å². The predicted octanol–water partition coefficient (Wildman–Crippen LogP) is 2.18. The third-order valence-corrected chi connectivity index (χ3v) is 2.51. The minimum atomic E-state index is -3.46. The van der Waals surface area contributed by atoms with Crippen LogP contribution in [0.1, 0.15) is 20.3 Å². The highest BCUT2D eigenvalue weighted by Crippen LogP contribution is 2.41. The Morgan fingerprint density at radius 3 is 2.57 bits per heavy atom. The summed E-state index contributed by atoms with van der Waals surface area (Å²) in [6.45, 7) is 4.54. The van der Waals surface area contributed by atoms with Gasteiger partial charge in [0.2, 0.25) is 0 Å². The Morgan fingerprint density at radius 2 is 2.21 bits per heavy atom. The van der Waals surface area contributed by atoms with Gasteiger partial charge >= 0.3 is 7.60 Å². The van der Waals surface area contributed by atoms with Crippen LogP contribution in [-0.2, 0) is 9.09 Å². The molecule has 0 saturated heterocycles. The molecule has 0 amide bonds. The Bertz CT molecular complexity index is 340. The highest BCUT2D eigenvalue weighted by Gasteiger charge is 2.24. The predicted molar refractivity (Wildman–Crippen MR) is 55.9 cm³/mol. The molecule has 0 aromatic carbocycles. The number of allylic oxidation sites excluding steroid dienone is 2. The van der Waals surface area contributed by atoms with Crippen molar-refractivity contribution in [3.05, 3.63) is 12.2 Å². The maximum atomic E-state index is 11.0. The molecule has 1 N–H and O–H groups in total. The zero-order valence-electron chi connectivity index (χ0n) is 8.65. The van der Waals surface area contributed by atoms with Gasteiger partial charge in [0.05, 0.1) is 0 Å². The Balaban J connectivity index is 2.59. The average Bonchev–Trinajstić information content (AvgIpc) is 1.75. The fraction of sp³-hybridized carbons (Fsp3) is 0.600. The van der Waals surface area contributed by atoms with Gasteiger partial charge in [-0.25, -0.2) is 0 Å². The fourth-order valence-corrected chi connectivity index (χ4v) is 1.98. The van der Waals surface area contributed by atoms with E-state index in [0.717, 1.165) is 6.42 Å². The largest absolute Gasteiger partial charge is 0.326 e. The SMILES string of the molecule is CC(C)(C#CC1C=CC1)OP(C)(=O)O. The molecule has 0 heterocycles. The van der Waals surface area contributed by atoms with Crippen LogP contribution in [0.3, 0.4) is 0 Å². The molecule has 3 nitrogen and oxygen atoms in total. The molecule has 1 rings (SSSR count). The van der Waals surface area contributed by atoms with Crippen LogP contribution in [0.5, 0.6) is 0 Å². The standard InChI is InChI=1S/C10H15O3P/c1-10(2,13-14(3,11)12)8-7-9-5-4-6-9/h4-5,9H,6H2,1-3H3,(H,11,12). The molecule has 0 aliphatic heterocycles. The van der Waals surface area contributed by atoms with Crippen molar-refractivity contribution in [2.75, 3.05) is 6.66 Å². The lowest BCUT2D eigenvalue weighted by atomic mass is 9.95. The van der Waals surface area contributed by atoms with E-state index in [1.807, 2.05) is 12.2 Å². The van der Waals surface area contributed by atoms with Gasteiger partial charge in [-0.1, -0.05) is 24.0 Å². The molecule has 0 bridgehead atoms. The minimum absolute atomic E-state index is 0.285. The summed E-state index contributed by atoms with van der Waals surface area (Å²) in [5.74, 6) is 6.13. The van der Waals surface area contributed by atoms with Gasteiger partial charge in [0, 0.05) is 12.6 Å². The molecule has 78 valence electrons. The molecule has 0 aromatic heterocycles. The molecule has 0 spiro atoms. The van der Waals surface area contributed by atoms with Gasteiger partial charge in [-0.05, 0) is 20.3 Å². The van der Waals surface area contributed by atoms with Crippen molar-refractivity contribution in [3.63, 3.8) is 0 Å². The lowest BCUT2D eigenvalue weighted by Gasteiger charge is -2.21. The topological polar surface area (TPSA) is 46.5 Å². The summed E-state index contributed by atoms with van der Waals surface area (Å²) in [5, 5.41) is 0. The van der Waals surface area contributed by atoms with E-state index in [0.29, 0.717) is 0 Å². The molecule has 0 saturated carbocycles. The van der Waals surface area contributed by atoms with Gasteiger partial charge < -0.3 is 4.89 Å². The van der Waals surface area contributed by atoms with Crippen LogP contribution in [0.15, 0.2) is 12.2 Å². The van der Waals surface area contributed by atoms with Crippen LogP contribution >= 0.6 is 7.60 Å². The monoisotopic (exact) mass is 214 g/mol. The minimum Gasteiger partial charge on any atom is -0.324 e. The summed E-state index contributed by atoms with van der Waals surface area (Å²) in [6.07, 6.45) is 5.02. The summed E-state index contributed by atoms with van der Waals surface area (Å²) in [5.41, 5.74) is -0.859. The van der Waals surface area contributed by atoms with Gasteiger partial charge in [-0.15, -0.1) is 0 Å². The van der Waals surface area contributed by atoms with E-state index in [2.05, 4.69) is 11.8 Å². The molecule has 14 heavy (non-hydrogen) atoms. The Hall–Kier alpha value is -0.550. The molecule has 2 atom stereocenters. The van der Waals surface area contributed by atoms with Crippen molar-refractivity contribution in [1.29, 1.82) is 0 Å². The first-order valence-electron chi connectivity index (χ1n) is 4.49. The number of hydrogen-bond acceptors (Lipinski definition) is 2. The van der Waals surface area contributed by atoms with E-state index >= 15 is 0 Å². The molecule has 1 aliphatic rings. The van der Waals surface area contributed by atoms with Crippen molar-refractivity contribution < 1.29 is 14.0 Å². The summed E-state index contributed by atoms with van der Waals surface area (Å²) >= 11 is 0. The summed E-state index contributed by atoms with van der Waals surface area (Å²) in [4.78, 5) is 9.04. The quantitative estimate of drug-likeness (QED) is 0.435. The van der Waals surface area contributed by atoms with Crippen LogP contribution in [0.25, 0.3) is 0 Å². The summed E-state index contributed by atoms with van der Waals surface area (Å²) in [7, 11) is -3.46. The highest BCUT2D eigenvalue weighted by molar-refractivity contribution is 7.51. The Morgan fingerprint density at radius 1 is 1.64 bits per heavy atom. The molecule has 0 radical (unpaired) electrons. The maximum Gasteiger partial charge on any atom is 0.326 e. The average molecular weight is 214 g/mol. The van der Waals surface area contributed by atoms with Gasteiger partial charge in [0.15, 0.2) is 0 Å². The fourth-order valence-electron chi connectivity index (χ4n) is 1.09. The molecular formula is C10H15O3P. The van der Waals surface area contributed by atoms with E-state index in [1.165, 1.54) is 6.66 Å². The molecule has 0 aromatic rings. The van der Waals surface area contributed by atoms with Crippen molar-refractivity contribution >= 4 is 7.60 Å². The molecule has 1 aliphatic carbocycles. The summed E-state index contributed by atoms with van der Waals surface area (Å²) in [6, 6.07) is 0. The van der Waals surface area contributed by atoms with Crippen molar-refractivity contribution in [1.82, 2.24) is 0 Å². The van der Waals surface area contributed by atoms with Crippen LogP contribution in [0.2, 0.25) is 0 Å². The number of rotatable bonds is 2. The lowest BCUT2D eigenvalue weighted by molar-refractivity contribution is 0.150. The smallest absolute Gasteiger partial charge is 0.324 e. The van der Waals surface area contributed by atoms with E-state index in [9.17, 15) is 4.57 Å². The number of hydrogen-bond donors (Lipinski definition) is 1. The molecule has 2 unspecified atom stereocenters. The first-order valence-corrected chi connectivity index (χ1v) is 6.51. The first kappa shape index (κ1) is 11.5. The zero-order valence-corrected chi connectivity index (χ0v) is 9.54. The third kappa shape index (κ3) is 4.11. The van der Waals surface area contributed by atoms with E-state index in [1.54, 1.807) is 13.8 Å². The van der Waals surface area contributed by atoms with Crippen LogP contribution in [-0.4, -0.2) is 17.2 Å². The van der Waals surface area contributed by atoms with Crippen molar-refractivity contribution in [2.24, 2.45) is 5.92 Å². The summed E-state index contributed by atoms with van der Waals surface area (Å²) < 4.78 is 16.0. The van der Waals surface area contributed by atoms with Gasteiger partial charge in [-0.3, -0.25) is 9.09 Å². The second-order valence-electron chi connectivity index (χ2n) is 3.94. The van der Waals surface area contributed by atoms with E-state index < -0.39 is 13.2 Å². The third-order valence-electron chi connectivity index (χ3n) is 1.71. The molecular weight excluding hydrogens is 199 g/mol. The Labute approximate surface area is 84.7 Å². The van der Waals surface area contributed by atoms with Gasteiger partial charge in [0.1, 0.15) is 5.60 Å². The van der Waals surface area contributed by atoms with Crippen molar-refractivity contribution in [3.8, 4) is 11.8 Å². The van der Waals surface area contributed by atoms with Gasteiger partial charge in [-0.2, -0.15) is 0 Å². The normalized spacial score (nSPS) is 24.4. The van der Waals surface area contributed by atoms with Crippen LogP contribution < -0.4 is 0 Å².